The third-order valence-corrected chi connectivity index (χ3v) is 6.76. The Morgan fingerprint density at radius 2 is 1.00 bits per heavy atom. The monoisotopic (exact) mass is 406 g/mol. The van der Waals surface area contributed by atoms with Crippen LogP contribution < -0.4 is 0 Å². The molecule has 4 aliphatic heterocycles. The smallest absolute Gasteiger partial charge is 0.312 e. The lowest BCUT2D eigenvalue weighted by molar-refractivity contribution is -0.210. The summed E-state index contributed by atoms with van der Waals surface area (Å²) in [5.41, 5.74) is 1.89. The molecule has 6 heteroatoms. The van der Waals surface area contributed by atoms with Gasteiger partial charge in [-0.2, -0.15) is 0 Å². The number of carbonyl (C=O) groups excluding carboxylic acids is 2. The van der Waals surface area contributed by atoms with Gasteiger partial charge in [-0.15, -0.1) is 0 Å². The van der Waals surface area contributed by atoms with Crippen LogP contribution in [0.4, 0.5) is 0 Å². The number of esters is 2. The number of benzene rings is 2. The Labute approximate surface area is 174 Å². The zero-order chi connectivity index (χ0) is 20.2. The number of hydrogen-bond acceptors (Lipinski definition) is 6. The second-order valence-corrected chi connectivity index (χ2v) is 8.50. The predicted octanol–water partition coefficient (Wildman–Crippen LogP) is 3.13. The fraction of sp³-hybridized carbons (Fsp3) is 0.417. The molecule has 6 nitrogen and oxygen atoms in total. The largest absolute Gasteiger partial charge is 0.459 e. The van der Waals surface area contributed by atoms with Crippen molar-refractivity contribution in [1.82, 2.24) is 0 Å². The Morgan fingerprint density at radius 3 is 1.40 bits per heavy atom. The maximum Gasteiger partial charge on any atom is 0.312 e. The Morgan fingerprint density at radius 1 is 0.600 bits per heavy atom. The molecule has 0 N–H and O–H groups in total. The van der Waals surface area contributed by atoms with E-state index in [0.29, 0.717) is 12.8 Å². The molecule has 154 valence electrons. The molecule has 2 aromatic rings. The van der Waals surface area contributed by atoms with Crippen molar-refractivity contribution in [2.45, 2.75) is 49.5 Å². The topological polar surface area (TPSA) is 71.1 Å². The molecule has 0 aromatic heterocycles. The van der Waals surface area contributed by atoms with Crippen LogP contribution in [0.1, 0.15) is 36.2 Å². The third kappa shape index (κ3) is 2.78. The molecule has 0 radical (unpaired) electrons. The molecule has 0 saturated carbocycles. The summed E-state index contributed by atoms with van der Waals surface area (Å²) in [6.45, 7) is 0. The molecule has 4 saturated heterocycles. The van der Waals surface area contributed by atoms with E-state index < -0.39 is 24.4 Å². The minimum Gasteiger partial charge on any atom is -0.459 e. The fourth-order valence-electron chi connectivity index (χ4n) is 5.35. The lowest BCUT2D eigenvalue weighted by Gasteiger charge is -2.41. The van der Waals surface area contributed by atoms with Crippen molar-refractivity contribution in [3.05, 3.63) is 71.8 Å². The van der Waals surface area contributed by atoms with Gasteiger partial charge in [0.05, 0.1) is 24.0 Å². The Kier molecular flexibility index (Phi) is 4.18. The molecule has 0 unspecified atom stereocenters. The minimum atomic E-state index is -0.485. The van der Waals surface area contributed by atoms with Gasteiger partial charge in [0.15, 0.2) is 0 Å². The summed E-state index contributed by atoms with van der Waals surface area (Å²) < 4.78 is 24.3. The highest BCUT2D eigenvalue weighted by Gasteiger charge is 2.59. The molecule has 6 rings (SSSR count). The van der Waals surface area contributed by atoms with Crippen molar-refractivity contribution < 1.29 is 28.5 Å². The van der Waals surface area contributed by atoms with Gasteiger partial charge in [-0.3, -0.25) is 9.59 Å². The number of rotatable bonds is 3. The fourth-order valence-corrected chi connectivity index (χ4v) is 5.35. The summed E-state index contributed by atoms with van der Waals surface area (Å²) in [6.07, 6.45) is -1.36. The molecular weight excluding hydrogens is 384 g/mol. The van der Waals surface area contributed by atoms with Gasteiger partial charge in [-0.25, -0.2) is 0 Å². The first-order valence-electron chi connectivity index (χ1n) is 10.5. The van der Waals surface area contributed by atoms with Gasteiger partial charge < -0.3 is 18.9 Å². The average molecular weight is 406 g/mol. The lowest BCUT2D eigenvalue weighted by Crippen LogP contribution is -2.52. The molecule has 4 heterocycles. The average Bonchev–Trinajstić information content (AvgIpc) is 3.27. The van der Waals surface area contributed by atoms with E-state index in [1.165, 1.54) is 0 Å². The predicted molar refractivity (Wildman–Crippen MR) is 104 cm³/mol. The highest BCUT2D eigenvalue weighted by molar-refractivity contribution is 5.77. The van der Waals surface area contributed by atoms with E-state index in [2.05, 4.69) is 0 Å². The number of fused-ring (bicyclic) bond motifs is 4. The van der Waals surface area contributed by atoms with Gasteiger partial charge in [0, 0.05) is 12.8 Å². The Bertz CT molecular complexity index is 881. The van der Waals surface area contributed by atoms with Crippen LogP contribution >= 0.6 is 0 Å². The van der Waals surface area contributed by atoms with Crippen molar-refractivity contribution in [2.24, 2.45) is 11.8 Å². The van der Waals surface area contributed by atoms with E-state index >= 15 is 0 Å². The minimum absolute atomic E-state index is 0.229. The zero-order valence-electron chi connectivity index (χ0n) is 16.3. The van der Waals surface area contributed by atoms with Crippen LogP contribution in [0.3, 0.4) is 0 Å². The summed E-state index contributed by atoms with van der Waals surface area (Å²) in [5, 5.41) is 0. The maximum absolute atomic E-state index is 12.5. The first-order valence-corrected chi connectivity index (χ1v) is 10.5. The standard InChI is InChI=1S/C24H22O6/c25-23-15-11-17(27-23)21(29-19(15)13-7-3-1-4-8-13)22-18-12-16(24(26)28-18)20(30-22)14-9-5-2-6-10-14/h1-10,15-22H,11-12H2/t15-,16-,17+,18+,19+,20+,21+,22+/m0/s1. The molecule has 4 fully saturated rings. The third-order valence-electron chi connectivity index (χ3n) is 6.76. The van der Waals surface area contributed by atoms with E-state index in [9.17, 15) is 9.59 Å². The van der Waals surface area contributed by atoms with Gasteiger partial charge in [-0.1, -0.05) is 60.7 Å². The van der Waals surface area contributed by atoms with Crippen molar-refractivity contribution in [2.75, 3.05) is 0 Å². The first kappa shape index (κ1) is 18.1. The van der Waals surface area contributed by atoms with Crippen LogP contribution in [0, 0.1) is 11.8 Å². The molecule has 0 amide bonds. The van der Waals surface area contributed by atoms with Crippen LogP contribution in [0.25, 0.3) is 0 Å². The molecule has 4 bridgehead atoms. The number of ether oxygens (including phenoxy) is 4. The molecule has 4 aliphatic rings. The highest BCUT2D eigenvalue weighted by Crippen LogP contribution is 2.49. The SMILES string of the molecule is O=C1O[C@@H]2C[C@H]1[C@@H](c1ccccc1)O[C@H]2[C@@H]1O[C@H](c2ccccc2)[C@@H]2C[C@H]1OC2=O. The Hall–Kier alpha value is -2.70. The molecule has 0 aliphatic carbocycles. The van der Waals surface area contributed by atoms with Crippen LogP contribution in [0.15, 0.2) is 60.7 Å². The number of carbonyl (C=O) groups is 2. The van der Waals surface area contributed by atoms with Gasteiger partial charge in [0.1, 0.15) is 24.4 Å². The van der Waals surface area contributed by atoms with E-state index in [1.54, 1.807) is 0 Å². The molecule has 30 heavy (non-hydrogen) atoms. The maximum atomic E-state index is 12.5. The van der Waals surface area contributed by atoms with Crippen molar-refractivity contribution in [3.8, 4) is 0 Å². The van der Waals surface area contributed by atoms with Crippen LogP contribution in [0.5, 0.6) is 0 Å². The normalized spacial score (nSPS) is 39.5. The second kappa shape index (κ2) is 6.93. The van der Waals surface area contributed by atoms with Gasteiger partial charge in [0.25, 0.3) is 0 Å². The quantitative estimate of drug-likeness (QED) is 0.730. The lowest BCUT2D eigenvalue weighted by atomic mass is 9.83. The highest BCUT2D eigenvalue weighted by atomic mass is 16.6. The van der Waals surface area contributed by atoms with Gasteiger partial charge >= 0.3 is 11.9 Å². The summed E-state index contributed by atoms with van der Waals surface area (Å²) >= 11 is 0. The first-order chi connectivity index (χ1) is 14.7. The van der Waals surface area contributed by atoms with Gasteiger partial charge in [-0.05, 0) is 11.1 Å². The summed E-state index contributed by atoms with van der Waals surface area (Å²) in [7, 11) is 0. The van der Waals surface area contributed by atoms with Crippen LogP contribution in [-0.4, -0.2) is 36.4 Å². The summed E-state index contributed by atoms with van der Waals surface area (Å²) in [5.74, 6) is -1.09. The van der Waals surface area contributed by atoms with Crippen LogP contribution in [0.2, 0.25) is 0 Å². The van der Waals surface area contributed by atoms with E-state index in [1.807, 2.05) is 60.7 Å². The van der Waals surface area contributed by atoms with Crippen molar-refractivity contribution in [3.63, 3.8) is 0 Å². The molecule has 0 spiro atoms. The van der Waals surface area contributed by atoms with Crippen LogP contribution in [-0.2, 0) is 28.5 Å². The molecule has 8 atom stereocenters. The van der Waals surface area contributed by atoms with Crippen molar-refractivity contribution >= 4 is 11.9 Å². The molecular formula is C24H22O6. The summed E-state index contributed by atoms with van der Waals surface area (Å²) in [6, 6.07) is 19.5. The van der Waals surface area contributed by atoms with E-state index in [-0.39, 0.29) is 36.0 Å². The zero-order valence-corrected chi connectivity index (χ0v) is 16.3. The molecule has 2 aromatic carbocycles. The Balaban J connectivity index is 1.33. The van der Waals surface area contributed by atoms with Crippen molar-refractivity contribution in [1.29, 1.82) is 0 Å². The summed E-state index contributed by atoms with van der Waals surface area (Å²) in [4.78, 5) is 25.1. The van der Waals surface area contributed by atoms with E-state index in [4.69, 9.17) is 18.9 Å². The van der Waals surface area contributed by atoms with Gasteiger partial charge in [0.2, 0.25) is 0 Å². The second-order valence-electron chi connectivity index (χ2n) is 8.50. The van der Waals surface area contributed by atoms with E-state index in [0.717, 1.165) is 11.1 Å². The number of hydrogen-bond donors (Lipinski definition) is 0.